The molecule has 0 heterocycles. The second kappa shape index (κ2) is 13.8. The first-order valence-corrected chi connectivity index (χ1v) is 10.2. The van der Waals surface area contributed by atoms with E-state index in [1.165, 1.54) is 83.6 Å². The second-order valence-corrected chi connectivity index (χ2v) is 7.37. The molecule has 2 atom stereocenters. The van der Waals surface area contributed by atoms with E-state index in [0.717, 1.165) is 24.8 Å². The molecule has 0 radical (unpaired) electrons. The molecule has 136 valence electrons. The van der Waals surface area contributed by atoms with Gasteiger partial charge in [0.05, 0.1) is 0 Å². The molecule has 1 aliphatic rings. The summed E-state index contributed by atoms with van der Waals surface area (Å²) in [4.78, 5) is 10.5. The minimum atomic E-state index is -0.653. The molecule has 0 saturated heterocycles. The molecule has 0 aromatic heterocycles. The highest BCUT2D eigenvalue weighted by Gasteiger charge is 2.25. The van der Waals surface area contributed by atoms with E-state index in [1.54, 1.807) is 0 Å². The number of unbranched alkanes of at least 4 members (excludes halogenated alkanes) is 8. The van der Waals surface area contributed by atoms with Crippen LogP contribution in [0.5, 0.6) is 0 Å². The molecule has 3 nitrogen and oxygen atoms in total. The van der Waals surface area contributed by atoms with Crippen molar-refractivity contribution in [3.05, 3.63) is 0 Å². The third kappa shape index (κ3) is 10.8. The molecule has 1 fully saturated rings. The van der Waals surface area contributed by atoms with Gasteiger partial charge in [-0.05, 0) is 44.6 Å². The molecule has 0 aromatic carbocycles. The highest BCUT2D eigenvalue weighted by molar-refractivity contribution is 5.66. The van der Waals surface area contributed by atoms with Gasteiger partial charge in [0.15, 0.2) is 0 Å². The molecule has 0 aromatic rings. The van der Waals surface area contributed by atoms with Gasteiger partial charge in [0.2, 0.25) is 0 Å². The number of hydrogen-bond acceptors (Lipinski definition) is 2. The summed E-state index contributed by atoms with van der Waals surface area (Å²) in [5, 5.41) is 12.4. The molecule has 0 unspecified atom stereocenters. The van der Waals surface area contributed by atoms with Crippen molar-refractivity contribution in [1.29, 1.82) is 0 Å². The van der Waals surface area contributed by atoms with Gasteiger partial charge in [0, 0.05) is 12.5 Å². The van der Waals surface area contributed by atoms with Crippen LogP contribution in [-0.4, -0.2) is 23.7 Å². The van der Waals surface area contributed by atoms with Crippen LogP contribution in [0.3, 0.4) is 0 Å². The molecular weight excluding hydrogens is 286 g/mol. The predicted molar refractivity (Wildman–Crippen MR) is 97.8 cm³/mol. The molecule has 1 saturated carbocycles. The Bertz CT molecular complexity index is 293. The minimum absolute atomic E-state index is 0.339. The van der Waals surface area contributed by atoms with E-state index < -0.39 is 5.97 Å². The number of rotatable bonds is 15. The van der Waals surface area contributed by atoms with Gasteiger partial charge < -0.3 is 10.4 Å². The first-order chi connectivity index (χ1) is 11.2. The summed E-state index contributed by atoms with van der Waals surface area (Å²) in [6, 6.07) is 0.754. The topological polar surface area (TPSA) is 49.3 Å². The van der Waals surface area contributed by atoms with E-state index in [0.29, 0.717) is 6.42 Å². The van der Waals surface area contributed by atoms with Crippen LogP contribution in [0, 0.1) is 5.92 Å². The molecule has 1 rings (SSSR count). The van der Waals surface area contributed by atoms with Crippen LogP contribution < -0.4 is 5.32 Å². The van der Waals surface area contributed by atoms with Crippen LogP contribution >= 0.6 is 0 Å². The monoisotopic (exact) mass is 325 g/mol. The maximum absolute atomic E-state index is 10.5. The lowest BCUT2D eigenvalue weighted by molar-refractivity contribution is -0.137. The summed E-state index contributed by atoms with van der Waals surface area (Å²) >= 11 is 0. The predicted octanol–water partition coefficient (Wildman–Crippen LogP) is 5.53. The lowest BCUT2D eigenvalue weighted by Gasteiger charge is -2.21. The largest absolute Gasteiger partial charge is 0.481 e. The van der Waals surface area contributed by atoms with Crippen LogP contribution in [-0.2, 0) is 4.79 Å². The zero-order chi connectivity index (χ0) is 16.8. The normalized spacial score (nSPS) is 20.9. The van der Waals surface area contributed by atoms with Crippen LogP contribution in [0.25, 0.3) is 0 Å². The van der Waals surface area contributed by atoms with Gasteiger partial charge >= 0.3 is 5.97 Å². The van der Waals surface area contributed by atoms with Crippen molar-refractivity contribution in [3.63, 3.8) is 0 Å². The highest BCUT2D eigenvalue weighted by Crippen LogP contribution is 2.30. The average molecular weight is 326 g/mol. The van der Waals surface area contributed by atoms with E-state index >= 15 is 0 Å². The fourth-order valence-corrected chi connectivity index (χ4v) is 3.88. The summed E-state index contributed by atoms with van der Waals surface area (Å²) in [7, 11) is 0. The molecule has 3 heteroatoms. The molecular formula is C20H39NO2. The van der Waals surface area contributed by atoms with Gasteiger partial charge in [0.25, 0.3) is 0 Å². The Labute approximate surface area is 143 Å². The average Bonchev–Trinajstić information content (AvgIpc) is 2.97. The Morgan fingerprint density at radius 2 is 1.65 bits per heavy atom. The van der Waals surface area contributed by atoms with Crippen molar-refractivity contribution >= 4 is 5.97 Å². The number of carbonyl (C=O) groups is 1. The summed E-state index contributed by atoms with van der Waals surface area (Å²) in [5.41, 5.74) is 0. The minimum Gasteiger partial charge on any atom is -0.481 e. The van der Waals surface area contributed by atoms with Gasteiger partial charge in [-0.2, -0.15) is 0 Å². The van der Waals surface area contributed by atoms with Crippen LogP contribution in [0.4, 0.5) is 0 Å². The van der Waals surface area contributed by atoms with Crippen molar-refractivity contribution in [2.75, 3.05) is 6.54 Å². The Morgan fingerprint density at radius 1 is 0.957 bits per heavy atom. The molecule has 0 amide bonds. The Kier molecular flexibility index (Phi) is 12.3. The van der Waals surface area contributed by atoms with Crippen molar-refractivity contribution in [1.82, 2.24) is 5.32 Å². The van der Waals surface area contributed by atoms with E-state index in [9.17, 15) is 4.79 Å². The molecule has 0 bridgehead atoms. The second-order valence-electron chi connectivity index (χ2n) is 7.37. The Balaban J connectivity index is 1.97. The third-order valence-corrected chi connectivity index (χ3v) is 5.31. The number of aliphatic carboxylic acids is 1. The Morgan fingerprint density at radius 3 is 2.43 bits per heavy atom. The van der Waals surface area contributed by atoms with E-state index in [2.05, 4.69) is 12.2 Å². The SMILES string of the molecule is CCCCCCCCN[C@@H]1CCC[C@H]1CCCCCCC(=O)O. The fourth-order valence-electron chi connectivity index (χ4n) is 3.88. The number of carboxylic acids is 1. The summed E-state index contributed by atoms with van der Waals surface area (Å²) in [6.45, 7) is 3.47. The molecule has 2 N–H and O–H groups in total. The van der Waals surface area contributed by atoms with Gasteiger partial charge in [0.1, 0.15) is 0 Å². The Hall–Kier alpha value is -0.570. The quantitative estimate of drug-likeness (QED) is 0.389. The molecule has 0 spiro atoms. The van der Waals surface area contributed by atoms with E-state index in [1.807, 2.05) is 0 Å². The molecule has 23 heavy (non-hydrogen) atoms. The van der Waals surface area contributed by atoms with Gasteiger partial charge in [-0.3, -0.25) is 4.79 Å². The summed E-state index contributed by atoms with van der Waals surface area (Å²) in [5.74, 6) is 0.217. The maximum atomic E-state index is 10.5. The van der Waals surface area contributed by atoms with Crippen molar-refractivity contribution in [2.45, 2.75) is 109 Å². The first-order valence-electron chi connectivity index (χ1n) is 10.2. The molecule has 0 aliphatic heterocycles. The number of hydrogen-bond donors (Lipinski definition) is 2. The van der Waals surface area contributed by atoms with Crippen molar-refractivity contribution in [3.8, 4) is 0 Å². The zero-order valence-corrected chi connectivity index (χ0v) is 15.3. The van der Waals surface area contributed by atoms with Crippen molar-refractivity contribution in [2.24, 2.45) is 5.92 Å². The van der Waals surface area contributed by atoms with Crippen LogP contribution in [0.2, 0.25) is 0 Å². The smallest absolute Gasteiger partial charge is 0.303 e. The van der Waals surface area contributed by atoms with Crippen LogP contribution in [0.1, 0.15) is 103 Å². The number of nitrogens with one attached hydrogen (secondary N) is 1. The van der Waals surface area contributed by atoms with Gasteiger partial charge in [-0.25, -0.2) is 0 Å². The highest BCUT2D eigenvalue weighted by atomic mass is 16.4. The third-order valence-electron chi connectivity index (χ3n) is 5.31. The van der Waals surface area contributed by atoms with Crippen LogP contribution in [0.15, 0.2) is 0 Å². The summed E-state index contributed by atoms with van der Waals surface area (Å²) < 4.78 is 0. The van der Waals surface area contributed by atoms with Gasteiger partial charge in [-0.15, -0.1) is 0 Å². The standard InChI is InChI=1S/C20H39NO2/c1-2-3-4-5-8-11-17-21-19-15-12-14-18(19)13-9-6-7-10-16-20(22)23/h18-19,21H,2-17H2,1H3,(H,22,23)/t18-,19-/m1/s1. The maximum Gasteiger partial charge on any atom is 0.303 e. The van der Waals surface area contributed by atoms with E-state index in [-0.39, 0.29) is 0 Å². The van der Waals surface area contributed by atoms with Crippen molar-refractivity contribution < 1.29 is 9.90 Å². The fraction of sp³-hybridized carbons (Fsp3) is 0.950. The van der Waals surface area contributed by atoms with Gasteiger partial charge in [-0.1, -0.05) is 64.7 Å². The summed E-state index contributed by atoms with van der Waals surface area (Å²) in [6.07, 6.45) is 18.5. The zero-order valence-electron chi connectivity index (χ0n) is 15.3. The number of carboxylic acid groups (broad SMARTS) is 1. The van der Waals surface area contributed by atoms with E-state index in [4.69, 9.17) is 5.11 Å². The molecule has 1 aliphatic carbocycles. The lowest BCUT2D eigenvalue weighted by atomic mass is 9.95. The lowest BCUT2D eigenvalue weighted by Crippen LogP contribution is -2.33. The first kappa shape index (κ1) is 20.5.